The Morgan fingerprint density at radius 3 is 1.39 bits per heavy atom. The SMILES string of the molecule is CCOc1c(OCC)c(=O)c1=O.CNc1c(NC2CCC(c3cc(-c4ccc(CN5CCOCC5)cc4)c4cnc(N[C@@H](C)COC)nn34)CC2)c(=O)c1=O.COC[C@H](C)Nc1ncc2c(-c3ccc(CN4CCOCC4)cc3)cc(C3CCC(N)CC3)n2n1. The first kappa shape index (κ1) is 65.3. The molecule has 0 amide bonds. The van der Waals surface area contributed by atoms with E-state index in [1.807, 2.05) is 19.3 Å². The minimum absolute atomic E-state index is 0.0689. The third-order valence-corrected chi connectivity index (χ3v) is 17.5. The molecule has 6 heterocycles. The number of nitrogens with two attached hydrogens (primary N) is 1. The van der Waals surface area contributed by atoms with Crippen LogP contribution >= 0.6 is 0 Å². The van der Waals surface area contributed by atoms with Crippen molar-refractivity contribution in [1.29, 1.82) is 0 Å². The zero-order valence-corrected chi connectivity index (χ0v) is 53.2. The standard InChI is InChI=1S/C32H41N7O4.C27H38N6O2.C8H10O4/c1-20(19-42-3)35-32-34-17-27-25(22-6-4-21(5-7-22)18-38-12-14-43-15-13-38)16-26(39(27)37-32)23-8-10-24(11-9-23)36-29-28(33-2)30(40)31(29)41;1-19(18-34-2)30-27-29-16-26-24(15-25(33(26)31-27)22-7-9-23(28)10-8-22)21-5-3-20(4-6-21)17-32-11-13-35-14-12-32;1-3-11-7-5(9)6(10)8(7)12-4-2/h4-7,16-17,20,23-24,33,36H,8-15,18-19H2,1-3H3,(H,35,37);3-6,15-16,19,22-23H,7-14,17-18,28H2,1-2H3,(H,30,31);3-4H2,1-2H3/t20-,23?,24?;19-,22?,23?;/m00./s1. The molecule has 23 nitrogen and oxygen atoms in total. The number of anilines is 4. The van der Waals surface area contributed by atoms with Gasteiger partial charge < -0.3 is 55.4 Å². The highest BCUT2D eigenvalue weighted by Crippen LogP contribution is 2.40. The van der Waals surface area contributed by atoms with Crippen LogP contribution in [0.15, 0.2) is 92.2 Å². The molecule has 8 aromatic rings. The van der Waals surface area contributed by atoms with Gasteiger partial charge in [0.1, 0.15) is 11.4 Å². The predicted molar refractivity (Wildman–Crippen MR) is 351 cm³/mol. The first-order valence-corrected chi connectivity index (χ1v) is 32.0. The zero-order valence-electron chi connectivity index (χ0n) is 53.2. The Labute approximate surface area is 525 Å². The van der Waals surface area contributed by atoms with Gasteiger partial charge in [-0.05, 0) is 113 Å². The lowest BCUT2D eigenvalue weighted by Crippen LogP contribution is -2.39. The lowest BCUT2D eigenvalue weighted by molar-refractivity contribution is 0.0341. The van der Waals surface area contributed by atoms with Crippen molar-refractivity contribution in [3.63, 3.8) is 0 Å². The van der Waals surface area contributed by atoms with Crippen LogP contribution in [0.4, 0.5) is 23.3 Å². The van der Waals surface area contributed by atoms with Crippen LogP contribution in [0.3, 0.4) is 0 Å². The van der Waals surface area contributed by atoms with E-state index in [2.05, 4.69) is 118 Å². The van der Waals surface area contributed by atoms with Crippen molar-refractivity contribution in [2.24, 2.45) is 5.73 Å². The van der Waals surface area contributed by atoms with Crippen LogP contribution < -0.4 is 58.2 Å². The number of rotatable bonds is 23. The molecule has 90 heavy (non-hydrogen) atoms. The van der Waals surface area contributed by atoms with Gasteiger partial charge in [0.05, 0.1) is 76.3 Å². The normalized spacial score (nSPS) is 19.8. The number of methoxy groups -OCH3 is 2. The van der Waals surface area contributed by atoms with Gasteiger partial charge in [-0.25, -0.2) is 19.0 Å². The van der Waals surface area contributed by atoms with Crippen LogP contribution in [-0.2, 0) is 32.0 Å². The molecule has 2 saturated heterocycles. The van der Waals surface area contributed by atoms with Crippen molar-refractivity contribution in [3.05, 3.63) is 136 Å². The number of hydrogen-bond donors (Lipinski definition) is 5. The van der Waals surface area contributed by atoms with E-state index < -0.39 is 21.7 Å². The Kier molecular flexibility index (Phi) is 22.4. The van der Waals surface area contributed by atoms with E-state index in [4.69, 9.17) is 44.4 Å². The summed E-state index contributed by atoms with van der Waals surface area (Å²) in [4.78, 5) is 59.7. The fraction of sp³-hybridized carbons (Fsp3) is 0.522. The minimum atomic E-state index is -0.583. The lowest BCUT2D eigenvalue weighted by Gasteiger charge is -2.30. The maximum absolute atomic E-state index is 12.1. The second-order valence-electron chi connectivity index (χ2n) is 24.0. The second kappa shape index (κ2) is 30.9. The molecule has 6 N–H and O–H groups in total. The topological polar surface area (TPSA) is 265 Å². The van der Waals surface area contributed by atoms with E-state index in [1.165, 1.54) is 27.9 Å². The number of nitrogens with one attached hydrogen (secondary N) is 4. The van der Waals surface area contributed by atoms with Crippen LogP contribution in [0.2, 0.25) is 0 Å². The highest BCUT2D eigenvalue weighted by Gasteiger charge is 2.31. The Bertz CT molecular complexity index is 3720. The second-order valence-corrected chi connectivity index (χ2v) is 24.0. The van der Waals surface area contributed by atoms with Gasteiger partial charge in [0.2, 0.25) is 23.4 Å². The highest BCUT2D eigenvalue weighted by atomic mass is 16.5. The van der Waals surface area contributed by atoms with E-state index in [0.717, 1.165) is 145 Å². The van der Waals surface area contributed by atoms with Crippen LogP contribution in [-0.4, -0.2) is 163 Å². The molecule has 2 atom stereocenters. The summed E-state index contributed by atoms with van der Waals surface area (Å²) in [5.41, 5.74) is 16.7. The van der Waals surface area contributed by atoms with E-state index in [-0.39, 0.29) is 29.6 Å². The van der Waals surface area contributed by atoms with Gasteiger partial charge in [0.15, 0.2) is 0 Å². The maximum atomic E-state index is 12.1. The van der Waals surface area contributed by atoms with Crippen molar-refractivity contribution in [3.8, 4) is 33.8 Å². The van der Waals surface area contributed by atoms with E-state index in [9.17, 15) is 19.2 Å². The largest absolute Gasteiger partial charge is 0.486 e. The van der Waals surface area contributed by atoms with Crippen molar-refractivity contribution < 1.29 is 28.4 Å². The lowest BCUT2D eigenvalue weighted by atomic mass is 9.83. The Balaban J connectivity index is 0.000000170. The Morgan fingerprint density at radius 1 is 0.578 bits per heavy atom. The van der Waals surface area contributed by atoms with Gasteiger partial charge >= 0.3 is 0 Å². The zero-order chi connectivity index (χ0) is 63.3. The van der Waals surface area contributed by atoms with Crippen LogP contribution in [0.5, 0.6) is 11.5 Å². The molecule has 12 rings (SSSR count). The van der Waals surface area contributed by atoms with Crippen molar-refractivity contribution in [2.45, 2.75) is 128 Å². The summed E-state index contributed by atoms with van der Waals surface area (Å²) in [6.45, 7) is 18.5. The molecule has 2 aliphatic carbocycles. The van der Waals surface area contributed by atoms with E-state index in [0.29, 0.717) is 67.6 Å². The Hall–Kier alpha value is -7.64. The summed E-state index contributed by atoms with van der Waals surface area (Å²) < 4.78 is 35.5. The Morgan fingerprint density at radius 2 is 0.989 bits per heavy atom. The predicted octanol–water partition coefficient (Wildman–Crippen LogP) is 7.19. The summed E-state index contributed by atoms with van der Waals surface area (Å²) in [7, 11) is 5.07. The molecule has 23 heteroatoms. The van der Waals surface area contributed by atoms with Crippen LogP contribution in [0, 0.1) is 0 Å². The van der Waals surface area contributed by atoms with Gasteiger partial charge in [-0.3, -0.25) is 29.0 Å². The monoisotopic (exact) mass is 1240 g/mol. The van der Waals surface area contributed by atoms with Crippen LogP contribution in [0.25, 0.3) is 33.3 Å². The summed E-state index contributed by atoms with van der Waals surface area (Å²) in [5.74, 6) is 2.09. The van der Waals surface area contributed by atoms with Gasteiger partial charge in [0.25, 0.3) is 21.7 Å². The third-order valence-electron chi connectivity index (χ3n) is 17.5. The molecule has 4 fully saturated rings. The molecule has 0 radical (unpaired) electrons. The molecule has 482 valence electrons. The number of aromatic nitrogens is 6. The van der Waals surface area contributed by atoms with Gasteiger partial charge in [0, 0.05) is 119 Å². The molecule has 0 unspecified atom stereocenters. The molecule has 4 aromatic heterocycles. The molecule has 0 spiro atoms. The molecule has 2 aliphatic heterocycles. The number of benzene rings is 2. The molecule has 4 aromatic carbocycles. The van der Waals surface area contributed by atoms with Gasteiger partial charge in [-0.1, -0.05) is 48.5 Å². The molecular weight excluding hydrogens is 1150 g/mol. The molecular formula is C67H89N13O10. The first-order valence-electron chi connectivity index (χ1n) is 32.0. The molecule has 4 aliphatic rings. The fourth-order valence-corrected chi connectivity index (χ4v) is 12.7. The summed E-state index contributed by atoms with van der Waals surface area (Å²) in [6, 6.07) is 23.1. The van der Waals surface area contributed by atoms with E-state index in [1.54, 1.807) is 35.1 Å². The van der Waals surface area contributed by atoms with Crippen molar-refractivity contribution >= 4 is 34.3 Å². The highest BCUT2D eigenvalue weighted by molar-refractivity contribution is 5.83. The fourth-order valence-electron chi connectivity index (χ4n) is 12.7. The quantitative estimate of drug-likeness (QED) is 0.0397. The van der Waals surface area contributed by atoms with Crippen molar-refractivity contribution in [2.75, 3.05) is 122 Å². The first-order chi connectivity index (χ1) is 43.8. The minimum Gasteiger partial charge on any atom is -0.486 e. The summed E-state index contributed by atoms with van der Waals surface area (Å²) in [6.07, 6.45) is 11.8. The number of hydrogen-bond acceptors (Lipinski definition) is 21. The average Bonchev–Trinajstić information content (AvgIpc) is 1.55. The molecule has 0 bridgehead atoms. The number of nitrogens with zero attached hydrogens (tertiary/aromatic N) is 8. The van der Waals surface area contributed by atoms with Crippen molar-refractivity contribution in [1.82, 2.24) is 39.0 Å². The maximum Gasteiger partial charge on any atom is 0.275 e. The van der Waals surface area contributed by atoms with Crippen LogP contribution in [0.1, 0.15) is 113 Å². The van der Waals surface area contributed by atoms with E-state index >= 15 is 0 Å². The average molecular weight is 1240 g/mol. The number of fused-ring (bicyclic) bond motifs is 2. The van der Waals surface area contributed by atoms with Gasteiger partial charge in [-0.15, -0.1) is 10.2 Å². The summed E-state index contributed by atoms with van der Waals surface area (Å²) in [5, 5.41) is 22.8. The number of morpholine rings is 2. The smallest absolute Gasteiger partial charge is 0.275 e. The number of ether oxygens (including phenoxy) is 6. The summed E-state index contributed by atoms with van der Waals surface area (Å²) >= 11 is 0. The molecule has 2 saturated carbocycles. The third kappa shape index (κ3) is 15.6. The van der Waals surface area contributed by atoms with Gasteiger partial charge in [-0.2, -0.15) is 0 Å².